The molecule has 1 rings (SSSR count). The molecule has 0 aromatic heterocycles. The second kappa shape index (κ2) is 3.32. The van der Waals surface area contributed by atoms with Crippen LogP contribution in [0.3, 0.4) is 0 Å². The molecule has 4 heteroatoms. The molecule has 0 unspecified atom stereocenters. The Bertz CT molecular complexity index is 309. The average Bonchev–Trinajstić information content (AvgIpc) is 2.03. The van der Waals surface area contributed by atoms with E-state index in [-0.39, 0.29) is 5.69 Å². The third-order valence-corrected chi connectivity index (χ3v) is 1.44. The molecule has 0 aliphatic heterocycles. The molecule has 0 amide bonds. The lowest BCUT2D eigenvalue weighted by atomic mass is 10.1. The Kier molecular flexibility index (Phi) is 2.40. The molecule has 0 bridgehead atoms. The van der Waals surface area contributed by atoms with Crippen molar-refractivity contribution in [2.24, 2.45) is 0 Å². The summed E-state index contributed by atoms with van der Waals surface area (Å²) in [5.74, 6) is 0. The van der Waals surface area contributed by atoms with Crippen molar-refractivity contribution in [2.45, 2.75) is 6.92 Å². The number of nitrogens with zero attached hydrogens (tertiary/aromatic N) is 1. The van der Waals surface area contributed by atoms with Crippen molar-refractivity contribution in [3.8, 4) is 0 Å². The maximum Gasteiger partial charge on any atom is 0.270 e. The quantitative estimate of drug-likeness (QED) is 0.538. The molecule has 63 valence electrons. The van der Waals surface area contributed by atoms with Crippen LogP contribution in [0.25, 0.3) is 0 Å². The van der Waals surface area contributed by atoms with Gasteiger partial charge >= 0.3 is 0 Å². The van der Waals surface area contributed by atoms with Crippen molar-refractivity contribution in [1.82, 2.24) is 0 Å². The summed E-state index contributed by atoms with van der Waals surface area (Å²) < 4.78 is 0. The Morgan fingerprint density at radius 3 is 2.67 bits per heavy atom. The van der Waals surface area contributed by atoms with E-state index >= 15 is 0 Å². The van der Waals surface area contributed by atoms with Gasteiger partial charge in [0.1, 0.15) is 6.61 Å². The van der Waals surface area contributed by atoms with Crippen molar-refractivity contribution >= 4 is 5.69 Å². The molecule has 1 radical (unpaired) electrons. The van der Waals surface area contributed by atoms with Crippen molar-refractivity contribution in [3.63, 3.8) is 0 Å². The fraction of sp³-hybridized carbons (Fsp3) is 0.125. The van der Waals surface area contributed by atoms with Crippen LogP contribution in [0.2, 0.25) is 0 Å². The Morgan fingerprint density at radius 1 is 1.50 bits per heavy atom. The number of hydrogen-bond acceptors (Lipinski definition) is 3. The van der Waals surface area contributed by atoms with Gasteiger partial charge in [-0.1, -0.05) is 6.07 Å². The van der Waals surface area contributed by atoms with E-state index in [0.717, 1.165) is 12.2 Å². The number of hydrogen-bond donors (Lipinski definition) is 1. The Hall–Kier alpha value is -1.42. The van der Waals surface area contributed by atoms with Gasteiger partial charge in [-0.25, -0.2) is 0 Å². The number of nitro groups is 1. The lowest BCUT2D eigenvalue weighted by Gasteiger charge is -1.97. The minimum atomic E-state index is -0.486. The van der Waals surface area contributed by atoms with Gasteiger partial charge in [-0.15, -0.1) is 0 Å². The second-order valence-electron chi connectivity index (χ2n) is 2.49. The summed E-state index contributed by atoms with van der Waals surface area (Å²) in [5.41, 5.74) is 1.20. The first-order valence-electron chi connectivity index (χ1n) is 3.37. The highest BCUT2D eigenvalue weighted by Crippen LogP contribution is 2.16. The van der Waals surface area contributed by atoms with Gasteiger partial charge in [-0.2, -0.15) is 0 Å². The molecule has 12 heavy (non-hydrogen) atoms. The molecule has 4 nitrogen and oxygen atoms in total. The predicted octanol–water partition coefficient (Wildman–Crippen LogP) is 1.79. The SMILES string of the molecule is Cc1cc([CH]O)cc([N+](=O)[O-])c1. The van der Waals surface area contributed by atoms with Gasteiger partial charge in [0.15, 0.2) is 0 Å². The summed E-state index contributed by atoms with van der Waals surface area (Å²) >= 11 is 0. The standard InChI is InChI=1S/C8H8NO3/c1-6-2-7(5-10)4-8(3-6)9(11)12/h2-5,10H,1H3. The molecule has 0 heterocycles. The Balaban J connectivity index is 3.15. The zero-order valence-corrected chi connectivity index (χ0v) is 6.52. The Labute approximate surface area is 69.6 Å². The van der Waals surface area contributed by atoms with Gasteiger partial charge in [0, 0.05) is 12.1 Å². The zero-order chi connectivity index (χ0) is 9.14. The molecule has 0 saturated heterocycles. The molecule has 1 N–H and O–H groups in total. The highest BCUT2D eigenvalue weighted by Gasteiger charge is 2.06. The van der Waals surface area contributed by atoms with Crippen LogP contribution in [0.4, 0.5) is 5.69 Å². The van der Waals surface area contributed by atoms with Gasteiger partial charge in [-0.05, 0) is 18.1 Å². The lowest BCUT2D eigenvalue weighted by Crippen LogP contribution is -1.91. The number of non-ortho nitro benzene ring substituents is 1. The van der Waals surface area contributed by atoms with E-state index in [1.807, 2.05) is 0 Å². The van der Waals surface area contributed by atoms with Gasteiger partial charge < -0.3 is 5.11 Å². The van der Waals surface area contributed by atoms with Crippen molar-refractivity contribution < 1.29 is 10.0 Å². The van der Waals surface area contributed by atoms with Crippen LogP contribution in [0.15, 0.2) is 18.2 Å². The fourth-order valence-corrected chi connectivity index (χ4v) is 0.972. The number of aliphatic hydroxyl groups is 1. The summed E-state index contributed by atoms with van der Waals surface area (Å²) in [6.45, 7) is 2.58. The van der Waals surface area contributed by atoms with E-state index in [4.69, 9.17) is 5.11 Å². The first-order valence-corrected chi connectivity index (χ1v) is 3.37. The molecule has 1 aromatic rings. The normalized spacial score (nSPS) is 9.83. The van der Waals surface area contributed by atoms with Crippen LogP contribution >= 0.6 is 0 Å². The van der Waals surface area contributed by atoms with E-state index in [0.29, 0.717) is 5.56 Å². The second-order valence-corrected chi connectivity index (χ2v) is 2.49. The lowest BCUT2D eigenvalue weighted by molar-refractivity contribution is -0.385. The molecule has 0 fully saturated rings. The third-order valence-electron chi connectivity index (χ3n) is 1.44. The molecule has 0 spiro atoms. The third kappa shape index (κ3) is 1.79. The van der Waals surface area contributed by atoms with E-state index in [2.05, 4.69) is 0 Å². The number of nitro benzene ring substituents is 1. The smallest absolute Gasteiger partial charge is 0.270 e. The molecule has 1 aromatic carbocycles. The Morgan fingerprint density at radius 2 is 2.17 bits per heavy atom. The van der Waals surface area contributed by atoms with Crippen LogP contribution in [0.1, 0.15) is 11.1 Å². The van der Waals surface area contributed by atoms with Crippen molar-refractivity contribution in [3.05, 3.63) is 46.0 Å². The maximum absolute atomic E-state index is 10.3. The molecule has 0 atom stereocenters. The number of rotatable bonds is 2. The molecular weight excluding hydrogens is 158 g/mol. The first-order chi connectivity index (χ1) is 5.63. The van der Waals surface area contributed by atoms with Crippen molar-refractivity contribution in [2.75, 3.05) is 0 Å². The van der Waals surface area contributed by atoms with E-state index in [1.165, 1.54) is 12.1 Å². The van der Waals surface area contributed by atoms with Crippen LogP contribution < -0.4 is 0 Å². The summed E-state index contributed by atoms with van der Waals surface area (Å²) in [4.78, 5) is 9.85. The monoisotopic (exact) mass is 166 g/mol. The van der Waals surface area contributed by atoms with Gasteiger partial charge in [0.05, 0.1) is 4.92 Å². The predicted molar refractivity (Wildman–Crippen MR) is 43.2 cm³/mol. The fourth-order valence-electron chi connectivity index (χ4n) is 0.972. The van der Waals surface area contributed by atoms with E-state index in [9.17, 15) is 10.1 Å². The van der Waals surface area contributed by atoms with Gasteiger partial charge in [-0.3, -0.25) is 10.1 Å². The first kappa shape index (κ1) is 8.67. The maximum atomic E-state index is 10.3. The van der Waals surface area contributed by atoms with Gasteiger partial charge in [0.2, 0.25) is 0 Å². The van der Waals surface area contributed by atoms with E-state index < -0.39 is 4.92 Å². The zero-order valence-electron chi connectivity index (χ0n) is 6.52. The van der Waals surface area contributed by atoms with Gasteiger partial charge in [0.25, 0.3) is 5.69 Å². The molecular formula is C8H8NO3. The molecule has 0 aliphatic carbocycles. The summed E-state index contributed by atoms with van der Waals surface area (Å²) in [6.07, 6.45) is 0. The highest BCUT2D eigenvalue weighted by atomic mass is 16.6. The molecule has 0 saturated carbocycles. The van der Waals surface area contributed by atoms with Crippen LogP contribution in [-0.2, 0) is 0 Å². The van der Waals surface area contributed by atoms with Crippen LogP contribution in [0.5, 0.6) is 0 Å². The number of aryl methyl sites for hydroxylation is 1. The van der Waals surface area contributed by atoms with Crippen LogP contribution in [-0.4, -0.2) is 10.0 Å². The average molecular weight is 166 g/mol. The van der Waals surface area contributed by atoms with E-state index in [1.54, 1.807) is 13.0 Å². The topological polar surface area (TPSA) is 63.4 Å². The number of aliphatic hydroxyl groups excluding tert-OH is 1. The number of benzene rings is 1. The molecule has 0 aliphatic rings. The minimum Gasteiger partial charge on any atom is -0.385 e. The van der Waals surface area contributed by atoms with Crippen LogP contribution in [0, 0.1) is 23.6 Å². The minimum absolute atomic E-state index is 0.00435. The summed E-state index contributed by atoms with van der Waals surface area (Å²) in [6, 6.07) is 4.42. The van der Waals surface area contributed by atoms with Crippen molar-refractivity contribution in [1.29, 1.82) is 0 Å². The summed E-state index contributed by atoms with van der Waals surface area (Å²) in [5, 5.41) is 19.0. The largest absolute Gasteiger partial charge is 0.385 e. The summed E-state index contributed by atoms with van der Waals surface area (Å²) in [7, 11) is 0. The highest BCUT2D eigenvalue weighted by molar-refractivity contribution is 5.40.